The summed E-state index contributed by atoms with van der Waals surface area (Å²) in [7, 11) is 0. The first-order valence-corrected chi connectivity index (χ1v) is 9.97. The van der Waals surface area contributed by atoms with Gasteiger partial charge in [0, 0.05) is 12.5 Å². The Kier molecular flexibility index (Phi) is 6.57. The lowest BCUT2D eigenvalue weighted by molar-refractivity contribution is -0.128. The molecule has 0 radical (unpaired) electrons. The number of hydrogen-bond acceptors (Lipinski definition) is 4. The van der Waals surface area contributed by atoms with Gasteiger partial charge in [0.1, 0.15) is 22.9 Å². The van der Waals surface area contributed by atoms with E-state index >= 15 is 0 Å². The molecule has 1 saturated heterocycles. The van der Waals surface area contributed by atoms with Crippen molar-refractivity contribution >= 4 is 29.3 Å². The smallest absolute Gasteiger partial charge is 0.268 e. The molecule has 3 amide bonds. The van der Waals surface area contributed by atoms with Crippen LogP contribution in [0.5, 0.6) is 0 Å². The number of carbonyl (C=O) groups is 3. The summed E-state index contributed by atoms with van der Waals surface area (Å²) in [6, 6.07) is 3.66. The van der Waals surface area contributed by atoms with Gasteiger partial charge in [-0.1, -0.05) is 24.4 Å². The molecule has 0 spiro atoms. The maximum absolute atomic E-state index is 12.8. The molecule has 2 heterocycles. The van der Waals surface area contributed by atoms with Gasteiger partial charge in [-0.25, -0.2) is 0 Å². The van der Waals surface area contributed by atoms with Crippen molar-refractivity contribution in [1.82, 2.24) is 20.9 Å². The summed E-state index contributed by atoms with van der Waals surface area (Å²) in [6.07, 6.45) is 4.41. The van der Waals surface area contributed by atoms with Crippen molar-refractivity contribution in [2.24, 2.45) is 11.8 Å². The number of amides is 3. The molecule has 2 aliphatic rings. The zero-order valence-corrected chi connectivity index (χ0v) is 16.2. The standard InChI is InChI=1S/C19H24ClN5O3/c20-16-6-5-14(24-16)18(27)25-15(8-11-3-4-11)19(28)23-13(10-21)9-12-2-1-7-22-17(12)26/h5-6,11-13,15,24H,1-4,7-9H2,(H,22,26)(H,23,28)(H,25,27). The van der Waals surface area contributed by atoms with Crippen LogP contribution in [-0.2, 0) is 9.59 Å². The Morgan fingerprint density at radius 3 is 2.64 bits per heavy atom. The molecule has 2 fully saturated rings. The van der Waals surface area contributed by atoms with Gasteiger partial charge in [-0.3, -0.25) is 14.4 Å². The summed E-state index contributed by atoms with van der Waals surface area (Å²) < 4.78 is 0. The molecule has 3 atom stereocenters. The number of carbonyl (C=O) groups excluding carboxylic acids is 3. The number of piperidine rings is 1. The summed E-state index contributed by atoms with van der Waals surface area (Å²) in [4.78, 5) is 39.8. The van der Waals surface area contributed by atoms with Crippen LogP contribution >= 0.6 is 11.6 Å². The number of aromatic nitrogens is 1. The first-order valence-electron chi connectivity index (χ1n) is 9.59. The van der Waals surface area contributed by atoms with E-state index in [2.05, 4.69) is 27.0 Å². The van der Waals surface area contributed by atoms with E-state index in [1.165, 1.54) is 0 Å². The lowest BCUT2D eigenvalue weighted by atomic mass is 9.92. The molecule has 3 rings (SSSR count). The van der Waals surface area contributed by atoms with Crippen molar-refractivity contribution in [3.63, 3.8) is 0 Å². The Morgan fingerprint density at radius 2 is 2.04 bits per heavy atom. The first-order chi connectivity index (χ1) is 13.5. The molecule has 0 bridgehead atoms. The van der Waals surface area contributed by atoms with Crippen molar-refractivity contribution in [2.75, 3.05) is 6.54 Å². The third-order valence-electron chi connectivity index (χ3n) is 5.17. The second kappa shape index (κ2) is 9.11. The van der Waals surface area contributed by atoms with Crippen LogP contribution in [0.4, 0.5) is 0 Å². The summed E-state index contributed by atoms with van der Waals surface area (Å²) in [5, 5.41) is 18.0. The van der Waals surface area contributed by atoms with Gasteiger partial charge in [0.2, 0.25) is 11.8 Å². The predicted molar refractivity (Wildman–Crippen MR) is 102 cm³/mol. The highest BCUT2D eigenvalue weighted by Crippen LogP contribution is 2.33. The molecule has 1 aromatic rings. The molecule has 0 aromatic carbocycles. The lowest BCUT2D eigenvalue weighted by Gasteiger charge is -2.25. The van der Waals surface area contributed by atoms with Gasteiger partial charge in [-0.05, 0) is 43.7 Å². The number of halogens is 1. The van der Waals surface area contributed by atoms with Crippen LogP contribution in [0.3, 0.4) is 0 Å². The first kappa shape index (κ1) is 20.2. The topological polar surface area (TPSA) is 127 Å². The highest BCUT2D eigenvalue weighted by molar-refractivity contribution is 6.29. The van der Waals surface area contributed by atoms with Gasteiger partial charge in [0.05, 0.1) is 6.07 Å². The van der Waals surface area contributed by atoms with Crippen LogP contribution in [0, 0.1) is 23.2 Å². The van der Waals surface area contributed by atoms with E-state index in [4.69, 9.17) is 11.6 Å². The zero-order chi connectivity index (χ0) is 20.1. The van der Waals surface area contributed by atoms with Gasteiger partial charge in [0.15, 0.2) is 0 Å². The highest BCUT2D eigenvalue weighted by Gasteiger charge is 2.33. The Hall–Kier alpha value is -2.53. The number of hydrogen-bond donors (Lipinski definition) is 4. The summed E-state index contributed by atoms with van der Waals surface area (Å²) >= 11 is 5.81. The summed E-state index contributed by atoms with van der Waals surface area (Å²) in [5.41, 5.74) is 0.273. The van der Waals surface area contributed by atoms with E-state index in [9.17, 15) is 19.6 Å². The minimum atomic E-state index is -0.778. The summed E-state index contributed by atoms with van der Waals surface area (Å²) in [5.74, 6) is -0.787. The van der Waals surface area contributed by atoms with Crippen molar-refractivity contribution < 1.29 is 14.4 Å². The van der Waals surface area contributed by atoms with Gasteiger partial charge >= 0.3 is 0 Å². The van der Waals surface area contributed by atoms with Crippen LogP contribution in [0.2, 0.25) is 5.15 Å². The van der Waals surface area contributed by atoms with Crippen LogP contribution in [-0.4, -0.2) is 41.3 Å². The van der Waals surface area contributed by atoms with Crippen molar-refractivity contribution in [1.29, 1.82) is 5.26 Å². The van der Waals surface area contributed by atoms with E-state index in [1.807, 2.05) is 0 Å². The van der Waals surface area contributed by atoms with E-state index < -0.39 is 23.9 Å². The predicted octanol–water partition coefficient (Wildman–Crippen LogP) is 1.49. The Balaban J connectivity index is 1.60. The molecule has 1 aliphatic heterocycles. The van der Waals surface area contributed by atoms with Crippen molar-refractivity contribution in [3.05, 3.63) is 23.0 Å². The number of nitrogens with zero attached hydrogens (tertiary/aromatic N) is 1. The van der Waals surface area contributed by atoms with E-state index in [0.29, 0.717) is 30.5 Å². The average Bonchev–Trinajstić information content (AvgIpc) is 3.39. The number of rotatable bonds is 8. The van der Waals surface area contributed by atoms with Gasteiger partial charge in [0.25, 0.3) is 5.91 Å². The van der Waals surface area contributed by atoms with Crippen LogP contribution in [0.25, 0.3) is 0 Å². The third kappa shape index (κ3) is 5.49. The fourth-order valence-corrected chi connectivity index (χ4v) is 3.58. The molecule has 150 valence electrons. The SMILES string of the molecule is N#CC(CC1CCCNC1=O)NC(=O)C(CC1CC1)NC(=O)c1ccc(Cl)[nH]1. The third-order valence-corrected chi connectivity index (χ3v) is 5.40. The highest BCUT2D eigenvalue weighted by atomic mass is 35.5. The van der Waals surface area contributed by atoms with Crippen molar-refractivity contribution in [3.8, 4) is 6.07 Å². The number of nitrogens with one attached hydrogen (secondary N) is 4. The van der Waals surface area contributed by atoms with Gasteiger partial charge in [-0.15, -0.1) is 0 Å². The van der Waals surface area contributed by atoms with Gasteiger partial charge in [-0.2, -0.15) is 5.26 Å². The molecular weight excluding hydrogens is 382 g/mol. The fraction of sp³-hybridized carbons (Fsp3) is 0.579. The second-order valence-electron chi connectivity index (χ2n) is 7.48. The van der Waals surface area contributed by atoms with E-state index in [-0.39, 0.29) is 23.9 Å². The normalized spacial score (nSPS) is 21.1. The molecule has 3 unspecified atom stereocenters. The maximum atomic E-state index is 12.8. The largest absolute Gasteiger partial charge is 0.356 e. The Bertz CT molecular complexity index is 783. The quantitative estimate of drug-likeness (QED) is 0.522. The number of aromatic amines is 1. The second-order valence-corrected chi connectivity index (χ2v) is 7.89. The maximum Gasteiger partial charge on any atom is 0.268 e. The van der Waals surface area contributed by atoms with E-state index in [1.54, 1.807) is 12.1 Å². The van der Waals surface area contributed by atoms with Crippen molar-refractivity contribution in [2.45, 2.75) is 50.6 Å². The van der Waals surface area contributed by atoms with Gasteiger partial charge < -0.3 is 20.9 Å². The molecule has 1 aromatic heterocycles. The Labute approximate surface area is 168 Å². The zero-order valence-electron chi connectivity index (χ0n) is 15.5. The number of H-pyrrole nitrogens is 1. The molecule has 8 nitrogen and oxygen atoms in total. The summed E-state index contributed by atoms with van der Waals surface area (Å²) in [6.45, 7) is 0.650. The fourth-order valence-electron chi connectivity index (χ4n) is 3.42. The molecule has 9 heteroatoms. The minimum absolute atomic E-state index is 0.0767. The van der Waals surface area contributed by atoms with E-state index in [0.717, 1.165) is 19.3 Å². The molecule has 4 N–H and O–H groups in total. The Morgan fingerprint density at radius 1 is 1.25 bits per heavy atom. The molecule has 1 saturated carbocycles. The minimum Gasteiger partial charge on any atom is -0.356 e. The molecular formula is C19H24ClN5O3. The average molecular weight is 406 g/mol. The molecule has 28 heavy (non-hydrogen) atoms. The lowest BCUT2D eigenvalue weighted by Crippen LogP contribution is -2.50. The van der Waals surface area contributed by atoms with Crippen LogP contribution in [0.15, 0.2) is 12.1 Å². The van der Waals surface area contributed by atoms with Crippen LogP contribution < -0.4 is 16.0 Å². The van der Waals surface area contributed by atoms with Crippen LogP contribution in [0.1, 0.15) is 49.0 Å². The molecule has 1 aliphatic carbocycles. The number of nitriles is 1. The monoisotopic (exact) mass is 405 g/mol.